The predicted octanol–water partition coefficient (Wildman–Crippen LogP) is 5.43. The number of fused-ring (bicyclic) bond motifs is 3. The van der Waals surface area contributed by atoms with Crippen LogP contribution in [0.3, 0.4) is 0 Å². The number of carboxylic acids is 1. The standard InChI is InChI=1S/C27H27FN4O2.C2HF3O2/c28-19-3-1-15(2-4-19)25-20-9-18-13-30-32-23(18)11-21(20)27(31-26(25)16-5-7-33-8-6-16)34-24-10-17-12-29-14-22(17)24;3-2(4,5)1(6)7/h1-4,9,11,13,16-17,22,24,29H,5-8,10,12,14H2,(H,30,32);(H,6,7). The van der Waals surface area contributed by atoms with Crippen LogP contribution in [0.25, 0.3) is 32.8 Å². The van der Waals surface area contributed by atoms with E-state index in [4.69, 9.17) is 24.4 Å². The van der Waals surface area contributed by atoms with Crippen LogP contribution in [0.15, 0.2) is 42.6 Å². The second-order valence-corrected chi connectivity index (χ2v) is 10.7. The Kier molecular flexibility index (Phi) is 7.28. The number of carboxylic acid groups (broad SMARTS) is 1. The van der Waals surface area contributed by atoms with E-state index >= 15 is 0 Å². The molecule has 0 radical (unpaired) electrons. The molecule has 0 spiro atoms. The SMILES string of the molecule is Fc1ccc(-c2c(C3CCOCC3)nc(OC3CC4CNCC43)c3cc4[nH]ncc4cc23)cc1.O=C(O)C(F)(F)F. The largest absolute Gasteiger partial charge is 0.490 e. The van der Waals surface area contributed by atoms with Gasteiger partial charge in [-0.1, -0.05) is 12.1 Å². The fourth-order valence-corrected chi connectivity index (χ4v) is 6.02. The van der Waals surface area contributed by atoms with E-state index in [2.05, 4.69) is 27.6 Å². The molecule has 3 N–H and O–H groups in total. The van der Waals surface area contributed by atoms with Crippen LogP contribution >= 0.6 is 0 Å². The quantitative estimate of drug-likeness (QED) is 0.280. The van der Waals surface area contributed by atoms with Crippen LogP contribution in [0.2, 0.25) is 0 Å². The average Bonchev–Trinajstić information content (AvgIpc) is 3.57. The Morgan fingerprint density at radius 2 is 1.80 bits per heavy atom. The van der Waals surface area contributed by atoms with E-state index < -0.39 is 12.1 Å². The van der Waals surface area contributed by atoms with Gasteiger partial charge < -0.3 is 19.9 Å². The molecule has 2 aliphatic heterocycles. The number of carbonyl (C=O) groups is 1. The summed E-state index contributed by atoms with van der Waals surface area (Å²) in [4.78, 5) is 14.1. The van der Waals surface area contributed by atoms with Crippen LogP contribution in [0.4, 0.5) is 17.6 Å². The first-order valence-corrected chi connectivity index (χ1v) is 13.5. The Hall–Kier alpha value is -3.77. The van der Waals surface area contributed by atoms with Gasteiger partial charge in [0, 0.05) is 47.9 Å². The highest BCUT2D eigenvalue weighted by Crippen LogP contribution is 2.45. The van der Waals surface area contributed by atoms with Gasteiger partial charge in [0.25, 0.3) is 0 Å². The second kappa shape index (κ2) is 10.9. The number of hydrogen-bond acceptors (Lipinski definition) is 6. The molecule has 2 saturated heterocycles. The van der Waals surface area contributed by atoms with Crippen molar-refractivity contribution in [3.8, 4) is 17.0 Å². The van der Waals surface area contributed by atoms with Crippen LogP contribution in [0.5, 0.6) is 5.88 Å². The van der Waals surface area contributed by atoms with E-state index in [0.717, 1.165) is 84.1 Å². The van der Waals surface area contributed by atoms with Gasteiger partial charge in [-0.05, 0) is 66.9 Å². The lowest BCUT2D eigenvalue weighted by Crippen LogP contribution is -2.44. The number of benzene rings is 2. The van der Waals surface area contributed by atoms with Gasteiger partial charge in [0.15, 0.2) is 0 Å². The maximum atomic E-state index is 13.8. The third-order valence-electron chi connectivity index (χ3n) is 8.21. The number of aromatic nitrogens is 3. The van der Waals surface area contributed by atoms with Gasteiger partial charge >= 0.3 is 12.1 Å². The summed E-state index contributed by atoms with van der Waals surface area (Å²) in [6, 6.07) is 11.0. The summed E-state index contributed by atoms with van der Waals surface area (Å²) in [5.74, 6) is -0.764. The van der Waals surface area contributed by atoms with Crippen LogP contribution in [-0.4, -0.2) is 64.8 Å². The molecule has 2 aromatic carbocycles. The predicted molar refractivity (Wildman–Crippen MR) is 142 cm³/mol. The molecule has 4 aromatic rings. The van der Waals surface area contributed by atoms with Gasteiger partial charge in [-0.2, -0.15) is 18.3 Å². The number of rotatable bonds is 4. The van der Waals surface area contributed by atoms with E-state index in [9.17, 15) is 17.6 Å². The minimum absolute atomic E-state index is 0.187. The summed E-state index contributed by atoms with van der Waals surface area (Å²) in [5.41, 5.74) is 4.02. The number of H-pyrrole nitrogens is 1. The number of aliphatic carboxylic acids is 1. The molecule has 12 heteroatoms. The fourth-order valence-electron chi connectivity index (χ4n) is 6.02. The van der Waals surface area contributed by atoms with Crippen LogP contribution in [-0.2, 0) is 9.53 Å². The number of pyridine rings is 1. The summed E-state index contributed by atoms with van der Waals surface area (Å²) < 4.78 is 57.9. The normalized spacial score (nSPS) is 22.6. The summed E-state index contributed by atoms with van der Waals surface area (Å²) in [6.45, 7) is 3.55. The van der Waals surface area contributed by atoms with Gasteiger partial charge in [-0.25, -0.2) is 14.2 Å². The average molecular weight is 573 g/mol. The molecule has 3 aliphatic rings. The minimum Gasteiger partial charge on any atom is -0.475 e. The highest BCUT2D eigenvalue weighted by molar-refractivity contribution is 6.06. The Morgan fingerprint density at radius 1 is 1.07 bits per heavy atom. The van der Waals surface area contributed by atoms with Crippen LogP contribution < -0.4 is 10.1 Å². The molecule has 3 atom stereocenters. The monoisotopic (exact) mass is 572 g/mol. The highest BCUT2D eigenvalue weighted by Gasteiger charge is 2.46. The fraction of sp³-hybridized carbons (Fsp3) is 0.414. The molecule has 4 heterocycles. The van der Waals surface area contributed by atoms with Crippen molar-refractivity contribution >= 4 is 27.6 Å². The van der Waals surface area contributed by atoms with Crippen molar-refractivity contribution in [2.75, 3.05) is 26.3 Å². The van der Waals surface area contributed by atoms with Crippen molar-refractivity contribution in [3.05, 3.63) is 54.1 Å². The van der Waals surface area contributed by atoms with E-state index in [1.807, 2.05) is 18.3 Å². The van der Waals surface area contributed by atoms with Gasteiger partial charge in [0.2, 0.25) is 5.88 Å². The van der Waals surface area contributed by atoms with Crippen molar-refractivity contribution < 1.29 is 36.9 Å². The highest BCUT2D eigenvalue weighted by atomic mass is 19.4. The van der Waals surface area contributed by atoms with Crippen molar-refractivity contribution in [3.63, 3.8) is 0 Å². The van der Waals surface area contributed by atoms with Crippen molar-refractivity contribution in [1.29, 1.82) is 0 Å². The molecule has 41 heavy (non-hydrogen) atoms. The molecule has 0 amide bonds. The summed E-state index contributed by atoms with van der Waals surface area (Å²) in [6.07, 6.45) is -0.151. The molecule has 3 fully saturated rings. The molecule has 2 aromatic heterocycles. The van der Waals surface area contributed by atoms with Gasteiger partial charge in [-0.3, -0.25) is 5.10 Å². The molecule has 3 unspecified atom stereocenters. The number of ether oxygens (including phenoxy) is 2. The van der Waals surface area contributed by atoms with Gasteiger partial charge in [0.1, 0.15) is 11.9 Å². The molecular formula is C29H28F4N4O4. The molecule has 0 bridgehead atoms. The van der Waals surface area contributed by atoms with E-state index in [0.29, 0.717) is 17.7 Å². The molecule has 1 saturated carbocycles. The van der Waals surface area contributed by atoms with Crippen LogP contribution in [0.1, 0.15) is 30.9 Å². The minimum atomic E-state index is -5.08. The first-order valence-electron chi connectivity index (χ1n) is 13.5. The van der Waals surface area contributed by atoms with E-state index in [1.165, 1.54) is 12.1 Å². The third kappa shape index (κ3) is 5.45. The lowest BCUT2D eigenvalue weighted by Gasteiger charge is -2.39. The number of nitrogens with zero attached hydrogens (tertiary/aromatic N) is 2. The Morgan fingerprint density at radius 3 is 2.49 bits per heavy atom. The first kappa shape index (κ1) is 27.4. The summed E-state index contributed by atoms with van der Waals surface area (Å²) in [7, 11) is 0. The lowest BCUT2D eigenvalue weighted by molar-refractivity contribution is -0.192. The third-order valence-corrected chi connectivity index (χ3v) is 8.21. The lowest BCUT2D eigenvalue weighted by atomic mass is 9.73. The van der Waals surface area contributed by atoms with Gasteiger partial charge in [-0.15, -0.1) is 0 Å². The number of hydrogen-bond donors (Lipinski definition) is 3. The topological polar surface area (TPSA) is 109 Å². The van der Waals surface area contributed by atoms with Crippen LogP contribution in [0, 0.1) is 17.7 Å². The van der Waals surface area contributed by atoms with Crippen molar-refractivity contribution in [2.24, 2.45) is 11.8 Å². The Labute approximate surface area is 232 Å². The first-order chi connectivity index (χ1) is 19.7. The summed E-state index contributed by atoms with van der Waals surface area (Å²) >= 11 is 0. The Bertz CT molecular complexity index is 1570. The van der Waals surface area contributed by atoms with Gasteiger partial charge in [0.05, 0.1) is 17.4 Å². The zero-order valence-electron chi connectivity index (χ0n) is 21.9. The molecule has 7 rings (SSSR count). The number of aromatic amines is 1. The maximum absolute atomic E-state index is 13.8. The molecular weight excluding hydrogens is 544 g/mol. The van der Waals surface area contributed by atoms with Crippen molar-refractivity contribution in [2.45, 2.75) is 37.5 Å². The zero-order chi connectivity index (χ0) is 28.7. The Balaban J connectivity index is 0.000000387. The number of halogens is 4. The number of nitrogens with one attached hydrogen (secondary N) is 2. The maximum Gasteiger partial charge on any atom is 0.490 e. The second-order valence-electron chi connectivity index (χ2n) is 10.7. The van der Waals surface area contributed by atoms with Crippen molar-refractivity contribution in [1.82, 2.24) is 20.5 Å². The smallest absolute Gasteiger partial charge is 0.475 e. The van der Waals surface area contributed by atoms with E-state index in [1.54, 1.807) is 0 Å². The summed E-state index contributed by atoms with van der Waals surface area (Å²) in [5, 5.41) is 21.1. The van der Waals surface area contributed by atoms with E-state index in [-0.39, 0.29) is 17.8 Å². The molecule has 1 aliphatic carbocycles. The molecule has 8 nitrogen and oxygen atoms in total. The number of alkyl halides is 3. The zero-order valence-corrected chi connectivity index (χ0v) is 21.9. The molecule has 216 valence electrons.